The maximum absolute atomic E-state index is 5.72. The Labute approximate surface area is 104 Å². The van der Waals surface area contributed by atoms with Gasteiger partial charge in [0.1, 0.15) is 0 Å². The van der Waals surface area contributed by atoms with E-state index in [0.29, 0.717) is 11.2 Å². The molecule has 2 aromatic rings. The van der Waals surface area contributed by atoms with E-state index in [0.717, 1.165) is 25.2 Å². The van der Waals surface area contributed by atoms with E-state index in [-0.39, 0.29) is 0 Å². The highest BCUT2D eigenvalue weighted by molar-refractivity contribution is 7.22. The van der Waals surface area contributed by atoms with Crippen LogP contribution in [0.2, 0.25) is 0 Å². The summed E-state index contributed by atoms with van der Waals surface area (Å²) in [6.45, 7) is 3.22. The zero-order valence-corrected chi connectivity index (χ0v) is 10.6. The lowest BCUT2D eigenvalue weighted by Gasteiger charge is -2.31. The number of fused-ring (bicyclic) bond motifs is 1. The van der Waals surface area contributed by atoms with Crippen LogP contribution in [0.25, 0.3) is 10.2 Å². The first-order valence-electron chi connectivity index (χ1n) is 5.80. The first-order valence-corrected chi connectivity index (χ1v) is 6.62. The molecule has 1 atom stereocenters. The van der Waals surface area contributed by atoms with Crippen molar-refractivity contribution in [3.05, 3.63) is 23.8 Å². The van der Waals surface area contributed by atoms with Crippen LogP contribution in [0.1, 0.15) is 11.6 Å². The van der Waals surface area contributed by atoms with E-state index < -0.39 is 0 Å². The Kier molecular flexibility index (Phi) is 2.74. The molecule has 4 nitrogen and oxygen atoms in total. The number of nitrogens with zero attached hydrogens (tertiary/aromatic N) is 2. The van der Waals surface area contributed by atoms with Gasteiger partial charge in [0, 0.05) is 25.7 Å². The van der Waals surface area contributed by atoms with E-state index in [2.05, 4.69) is 40.4 Å². The van der Waals surface area contributed by atoms with Gasteiger partial charge >= 0.3 is 0 Å². The monoisotopic (exact) mass is 248 g/mol. The summed E-state index contributed by atoms with van der Waals surface area (Å²) in [4.78, 5) is 6.63. The lowest BCUT2D eigenvalue weighted by molar-refractivity contribution is 0.241. The third-order valence-corrected chi connectivity index (χ3v) is 4.06. The molecular formula is C12H16N4S. The summed E-state index contributed by atoms with van der Waals surface area (Å²) in [6, 6.07) is 6.84. The Bertz CT molecular complexity index is 536. The predicted octanol–water partition coefficient (Wildman–Crippen LogP) is 1.45. The highest BCUT2D eigenvalue weighted by Gasteiger charge is 2.18. The van der Waals surface area contributed by atoms with Crippen molar-refractivity contribution in [2.24, 2.45) is 0 Å². The predicted molar refractivity (Wildman–Crippen MR) is 72.3 cm³/mol. The van der Waals surface area contributed by atoms with Gasteiger partial charge in [0.15, 0.2) is 5.13 Å². The first-order chi connectivity index (χ1) is 8.22. The molecule has 2 heterocycles. The van der Waals surface area contributed by atoms with Crippen LogP contribution in [-0.2, 0) is 0 Å². The van der Waals surface area contributed by atoms with Gasteiger partial charge in [0.2, 0.25) is 0 Å². The summed E-state index contributed by atoms with van der Waals surface area (Å²) in [5.41, 5.74) is 8.05. The first kappa shape index (κ1) is 11.0. The number of rotatable bonds is 1. The number of aromatic nitrogens is 1. The van der Waals surface area contributed by atoms with Crippen molar-refractivity contribution in [3.63, 3.8) is 0 Å². The minimum absolute atomic E-state index is 0.418. The van der Waals surface area contributed by atoms with Gasteiger partial charge in [-0.05, 0) is 24.7 Å². The SMILES string of the molecule is CN1CCNC(c2ccc3nc(N)sc3c2)C1. The number of likely N-dealkylation sites (N-methyl/N-ethyl adjacent to an activating group) is 1. The number of benzene rings is 1. The van der Waals surface area contributed by atoms with Gasteiger partial charge < -0.3 is 16.0 Å². The standard InChI is InChI=1S/C12H16N4S/c1-16-5-4-14-10(7-16)8-2-3-9-11(6-8)17-12(13)15-9/h2-3,6,10,14H,4-5,7H2,1H3,(H2,13,15). The fourth-order valence-corrected chi connectivity index (χ4v) is 3.08. The van der Waals surface area contributed by atoms with Crippen molar-refractivity contribution >= 4 is 26.7 Å². The molecule has 0 saturated carbocycles. The molecule has 0 radical (unpaired) electrons. The molecule has 1 aromatic carbocycles. The molecule has 17 heavy (non-hydrogen) atoms. The highest BCUT2D eigenvalue weighted by atomic mass is 32.1. The molecule has 1 aromatic heterocycles. The van der Waals surface area contributed by atoms with Crippen LogP contribution in [0, 0.1) is 0 Å². The molecule has 0 bridgehead atoms. The van der Waals surface area contributed by atoms with Gasteiger partial charge in [-0.3, -0.25) is 0 Å². The topological polar surface area (TPSA) is 54.2 Å². The van der Waals surface area contributed by atoms with Gasteiger partial charge in [0.05, 0.1) is 10.2 Å². The summed E-state index contributed by atoms with van der Waals surface area (Å²) in [5.74, 6) is 0. The van der Waals surface area contributed by atoms with Crippen LogP contribution in [0.15, 0.2) is 18.2 Å². The van der Waals surface area contributed by atoms with Crippen molar-refractivity contribution < 1.29 is 0 Å². The lowest BCUT2D eigenvalue weighted by Crippen LogP contribution is -2.43. The van der Waals surface area contributed by atoms with E-state index in [1.807, 2.05) is 0 Å². The van der Waals surface area contributed by atoms with Gasteiger partial charge in [-0.25, -0.2) is 4.98 Å². The fourth-order valence-electron chi connectivity index (χ4n) is 2.30. The van der Waals surface area contributed by atoms with Gasteiger partial charge in [-0.1, -0.05) is 17.4 Å². The van der Waals surface area contributed by atoms with Crippen LogP contribution in [-0.4, -0.2) is 36.6 Å². The number of anilines is 1. The minimum Gasteiger partial charge on any atom is -0.375 e. The Morgan fingerprint density at radius 3 is 3.24 bits per heavy atom. The number of nitrogens with two attached hydrogens (primary N) is 1. The molecule has 0 amide bonds. The largest absolute Gasteiger partial charge is 0.375 e. The second-order valence-corrected chi connectivity index (χ2v) is 5.61. The average molecular weight is 248 g/mol. The van der Waals surface area contributed by atoms with Gasteiger partial charge in [0.25, 0.3) is 0 Å². The summed E-state index contributed by atoms with van der Waals surface area (Å²) in [5, 5.41) is 4.19. The summed E-state index contributed by atoms with van der Waals surface area (Å²) in [7, 11) is 2.16. The Morgan fingerprint density at radius 2 is 2.41 bits per heavy atom. The molecule has 1 aliphatic rings. The molecule has 5 heteroatoms. The molecule has 1 aliphatic heterocycles. The molecule has 0 aliphatic carbocycles. The zero-order valence-electron chi connectivity index (χ0n) is 9.81. The van der Waals surface area contributed by atoms with E-state index >= 15 is 0 Å². The Morgan fingerprint density at radius 1 is 1.53 bits per heavy atom. The number of nitrogens with one attached hydrogen (secondary N) is 1. The summed E-state index contributed by atoms with van der Waals surface area (Å²) in [6.07, 6.45) is 0. The van der Waals surface area contributed by atoms with Crippen molar-refractivity contribution in [2.45, 2.75) is 6.04 Å². The van der Waals surface area contributed by atoms with E-state index in [1.54, 1.807) is 11.3 Å². The molecule has 1 saturated heterocycles. The van der Waals surface area contributed by atoms with Crippen molar-refractivity contribution in [2.75, 3.05) is 32.4 Å². The van der Waals surface area contributed by atoms with Gasteiger partial charge in [-0.2, -0.15) is 0 Å². The van der Waals surface area contributed by atoms with Crippen LogP contribution in [0.4, 0.5) is 5.13 Å². The summed E-state index contributed by atoms with van der Waals surface area (Å²) >= 11 is 1.56. The van der Waals surface area contributed by atoms with Crippen molar-refractivity contribution in [1.82, 2.24) is 15.2 Å². The molecule has 1 fully saturated rings. The van der Waals surface area contributed by atoms with Crippen LogP contribution in [0.5, 0.6) is 0 Å². The second-order valence-electron chi connectivity index (χ2n) is 4.55. The molecule has 0 spiro atoms. The molecule has 3 N–H and O–H groups in total. The van der Waals surface area contributed by atoms with Crippen molar-refractivity contribution in [1.29, 1.82) is 0 Å². The van der Waals surface area contributed by atoms with Crippen LogP contribution >= 0.6 is 11.3 Å². The van der Waals surface area contributed by atoms with Crippen molar-refractivity contribution in [3.8, 4) is 0 Å². The fraction of sp³-hybridized carbons (Fsp3) is 0.417. The smallest absolute Gasteiger partial charge is 0.181 e. The maximum atomic E-state index is 5.72. The van der Waals surface area contributed by atoms with Gasteiger partial charge in [-0.15, -0.1) is 0 Å². The quantitative estimate of drug-likeness (QED) is 0.802. The molecule has 90 valence electrons. The zero-order chi connectivity index (χ0) is 11.8. The minimum atomic E-state index is 0.418. The molecule has 1 unspecified atom stereocenters. The second kappa shape index (κ2) is 4.25. The maximum Gasteiger partial charge on any atom is 0.181 e. The Balaban J connectivity index is 1.94. The number of piperazine rings is 1. The van der Waals surface area contributed by atoms with Crippen LogP contribution in [0.3, 0.4) is 0 Å². The number of thiazole rings is 1. The molecular weight excluding hydrogens is 232 g/mol. The Hall–Kier alpha value is -1.17. The van der Waals surface area contributed by atoms with E-state index in [1.165, 1.54) is 10.3 Å². The van der Waals surface area contributed by atoms with Crippen LogP contribution < -0.4 is 11.1 Å². The normalized spacial score (nSPS) is 22.1. The number of nitrogen functional groups attached to an aromatic ring is 1. The third-order valence-electron chi connectivity index (χ3n) is 3.21. The number of hydrogen-bond donors (Lipinski definition) is 2. The number of hydrogen-bond acceptors (Lipinski definition) is 5. The average Bonchev–Trinajstić information content (AvgIpc) is 2.68. The lowest BCUT2D eigenvalue weighted by atomic mass is 10.0. The third kappa shape index (κ3) is 2.13. The summed E-state index contributed by atoms with van der Waals surface area (Å²) < 4.78 is 1.18. The highest BCUT2D eigenvalue weighted by Crippen LogP contribution is 2.27. The van der Waals surface area contributed by atoms with E-state index in [4.69, 9.17) is 5.73 Å². The molecule has 3 rings (SSSR count). The van der Waals surface area contributed by atoms with E-state index in [9.17, 15) is 0 Å².